The fraction of sp³-hybridized carbons (Fsp3) is 0.364. The van der Waals surface area contributed by atoms with Gasteiger partial charge in [-0.15, -0.1) is 0 Å². The third-order valence-corrected chi connectivity index (χ3v) is 4.32. The van der Waals surface area contributed by atoms with E-state index in [0.717, 1.165) is 11.1 Å². The van der Waals surface area contributed by atoms with Gasteiger partial charge in [0.1, 0.15) is 11.8 Å². The molecule has 1 N–H and O–H groups in total. The topological polar surface area (TPSA) is 58.6 Å². The molecule has 0 saturated carbocycles. The summed E-state index contributed by atoms with van der Waals surface area (Å²) in [5.74, 6) is 0.289. The molecule has 0 aromatic heterocycles. The van der Waals surface area contributed by atoms with Crippen LogP contribution in [-0.4, -0.2) is 35.9 Å². The molecule has 0 aliphatic carbocycles. The second-order valence-electron chi connectivity index (χ2n) is 6.43. The highest BCUT2D eigenvalue weighted by Crippen LogP contribution is 2.15. The summed E-state index contributed by atoms with van der Waals surface area (Å²) in [6, 6.07) is 16.7. The minimum Gasteiger partial charge on any atom is -0.484 e. The first-order chi connectivity index (χ1) is 13.0. The first kappa shape index (κ1) is 20.5. The molecule has 0 radical (unpaired) electrons. The molecule has 0 fully saturated rings. The summed E-state index contributed by atoms with van der Waals surface area (Å²) in [5.41, 5.74) is 2.10. The molecule has 0 bridgehead atoms. The number of likely N-dealkylation sites (N-methyl/N-ethyl adjacent to an activating group) is 1. The summed E-state index contributed by atoms with van der Waals surface area (Å²) >= 11 is 0. The van der Waals surface area contributed by atoms with Crippen LogP contribution in [0.3, 0.4) is 0 Å². The number of carbonyl (C=O) groups excluding carboxylic acids is 2. The molecule has 0 spiro atoms. The quantitative estimate of drug-likeness (QED) is 0.739. The van der Waals surface area contributed by atoms with E-state index in [1.54, 1.807) is 4.90 Å². The van der Waals surface area contributed by atoms with Gasteiger partial charge in [-0.3, -0.25) is 9.59 Å². The first-order valence-electron chi connectivity index (χ1n) is 9.35. The van der Waals surface area contributed by atoms with Gasteiger partial charge in [-0.2, -0.15) is 0 Å². The van der Waals surface area contributed by atoms with Crippen molar-refractivity contribution < 1.29 is 14.3 Å². The Morgan fingerprint density at radius 2 is 1.70 bits per heavy atom. The third-order valence-electron chi connectivity index (χ3n) is 4.32. The number of hydrogen-bond acceptors (Lipinski definition) is 3. The molecule has 144 valence electrons. The number of ether oxygens (including phenoxy) is 1. The SMILES string of the molecule is CCNC(=O)[C@H](CC)N(Cc1ccccc1)C(=O)COc1ccc(C)cc1. The molecule has 0 unspecified atom stereocenters. The van der Waals surface area contributed by atoms with E-state index in [0.29, 0.717) is 25.3 Å². The van der Waals surface area contributed by atoms with E-state index >= 15 is 0 Å². The van der Waals surface area contributed by atoms with Crippen molar-refractivity contribution in [2.45, 2.75) is 39.8 Å². The van der Waals surface area contributed by atoms with Crippen LogP contribution >= 0.6 is 0 Å². The Kier molecular flexibility index (Phi) is 7.86. The van der Waals surface area contributed by atoms with Crippen molar-refractivity contribution in [2.24, 2.45) is 0 Å². The molecule has 2 amide bonds. The number of nitrogens with one attached hydrogen (secondary N) is 1. The Labute approximate surface area is 161 Å². The maximum atomic E-state index is 12.9. The lowest BCUT2D eigenvalue weighted by Gasteiger charge is -2.30. The van der Waals surface area contributed by atoms with Gasteiger partial charge in [-0.25, -0.2) is 0 Å². The average Bonchev–Trinajstić information content (AvgIpc) is 2.68. The Bertz CT molecular complexity index is 729. The van der Waals surface area contributed by atoms with Gasteiger partial charge in [0.05, 0.1) is 0 Å². The summed E-state index contributed by atoms with van der Waals surface area (Å²) < 4.78 is 5.65. The summed E-state index contributed by atoms with van der Waals surface area (Å²) in [7, 11) is 0. The number of hydrogen-bond donors (Lipinski definition) is 1. The van der Waals surface area contributed by atoms with Gasteiger partial charge in [0, 0.05) is 13.1 Å². The number of carbonyl (C=O) groups is 2. The van der Waals surface area contributed by atoms with Crippen LogP contribution in [0.2, 0.25) is 0 Å². The van der Waals surface area contributed by atoms with Crippen molar-refractivity contribution >= 4 is 11.8 Å². The van der Waals surface area contributed by atoms with E-state index in [1.165, 1.54) is 0 Å². The molecule has 5 heteroatoms. The summed E-state index contributed by atoms with van der Waals surface area (Å²) in [4.78, 5) is 27.0. The number of amides is 2. The molecule has 0 aliphatic rings. The molecule has 0 aliphatic heterocycles. The lowest BCUT2D eigenvalue weighted by atomic mass is 10.1. The van der Waals surface area contributed by atoms with Crippen molar-refractivity contribution in [2.75, 3.05) is 13.2 Å². The maximum Gasteiger partial charge on any atom is 0.261 e. The highest BCUT2D eigenvalue weighted by Gasteiger charge is 2.28. The van der Waals surface area contributed by atoms with Crippen molar-refractivity contribution in [1.82, 2.24) is 10.2 Å². The Morgan fingerprint density at radius 1 is 1.04 bits per heavy atom. The molecule has 2 rings (SSSR count). The largest absolute Gasteiger partial charge is 0.484 e. The Hall–Kier alpha value is -2.82. The summed E-state index contributed by atoms with van der Waals surface area (Å²) in [6.45, 7) is 6.57. The van der Waals surface area contributed by atoms with E-state index in [-0.39, 0.29) is 18.4 Å². The third kappa shape index (κ3) is 6.13. The van der Waals surface area contributed by atoms with Crippen molar-refractivity contribution in [3.05, 3.63) is 65.7 Å². The molecule has 1 atom stereocenters. The van der Waals surface area contributed by atoms with Gasteiger partial charge in [0.15, 0.2) is 6.61 Å². The number of nitrogens with zero attached hydrogens (tertiary/aromatic N) is 1. The second kappa shape index (κ2) is 10.4. The minimum atomic E-state index is -0.528. The van der Waals surface area contributed by atoms with Gasteiger partial charge in [0.25, 0.3) is 5.91 Å². The van der Waals surface area contributed by atoms with E-state index in [2.05, 4.69) is 5.32 Å². The van der Waals surface area contributed by atoms with Crippen LogP contribution < -0.4 is 10.1 Å². The van der Waals surface area contributed by atoms with Gasteiger partial charge in [-0.1, -0.05) is 55.0 Å². The Balaban J connectivity index is 2.14. The standard InChI is InChI=1S/C22H28N2O3/c1-4-20(22(26)23-5-2)24(15-18-9-7-6-8-10-18)21(25)16-27-19-13-11-17(3)12-14-19/h6-14,20H,4-5,15-16H2,1-3H3,(H,23,26)/t20-/m0/s1. The van der Waals surface area contributed by atoms with Crippen molar-refractivity contribution in [3.8, 4) is 5.75 Å². The van der Waals surface area contributed by atoms with E-state index in [1.807, 2.05) is 75.4 Å². The molecule has 27 heavy (non-hydrogen) atoms. The van der Waals surface area contributed by atoms with Crippen LogP contribution in [0.5, 0.6) is 5.75 Å². The zero-order chi connectivity index (χ0) is 19.6. The zero-order valence-electron chi connectivity index (χ0n) is 16.3. The molecule has 5 nitrogen and oxygen atoms in total. The smallest absolute Gasteiger partial charge is 0.261 e. The number of rotatable bonds is 9. The molecule has 2 aromatic carbocycles. The van der Waals surface area contributed by atoms with Gasteiger partial charge < -0.3 is 15.0 Å². The van der Waals surface area contributed by atoms with Crippen LogP contribution in [0.4, 0.5) is 0 Å². The second-order valence-corrected chi connectivity index (χ2v) is 6.43. The van der Waals surface area contributed by atoms with Crippen LogP contribution in [0.15, 0.2) is 54.6 Å². The molecular weight excluding hydrogens is 340 g/mol. The van der Waals surface area contributed by atoms with E-state index in [4.69, 9.17) is 4.74 Å². The normalized spacial score (nSPS) is 11.5. The zero-order valence-corrected chi connectivity index (χ0v) is 16.3. The molecular formula is C22H28N2O3. The Morgan fingerprint density at radius 3 is 2.30 bits per heavy atom. The lowest BCUT2D eigenvalue weighted by molar-refractivity contribution is -0.142. The minimum absolute atomic E-state index is 0.105. The van der Waals surface area contributed by atoms with Crippen molar-refractivity contribution in [1.29, 1.82) is 0 Å². The molecule has 0 saturated heterocycles. The number of benzene rings is 2. The monoisotopic (exact) mass is 368 g/mol. The van der Waals surface area contributed by atoms with Gasteiger partial charge >= 0.3 is 0 Å². The molecule has 2 aromatic rings. The predicted molar refractivity (Wildman–Crippen MR) is 106 cm³/mol. The van der Waals surface area contributed by atoms with Crippen LogP contribution in [0.1, 0.15) is 31.4 Å². The van der Waals surface area contributed by atoms with Crippen LogP contribution in [0.25, 0.3) is 0 Å². The van der Waals surface area contributed by atoms with E-state index in [9.17, 15) is 9.59 Å². The summed E-state index contributed by atoms with van der Waals surface area (Å²) in [5, 5.41) is 2.82. The fourth-order valence-electron chi connectivity index (χ4n) is 2.85. The highest BCUT2D eigenvalue weighted by molar-refractivity contribution is 5.88. The van der Waals surface area contributed by atoms with Crippen LogP contribution in [-0.2, 0) is 16.1 Å². The van der Waals surface area contributed by atoms with E-state index < -0.39 is 6.04 Å². The number of aryl methyl sites for hydroxylation is 1. The predicted octanol–water partition coefficient (Wildman–Crippen LogP) is 3.32. The highest BCUT2D eigenvalue weighted by atomic mass is 16.5. The lowest BCUT2D eigenvalue weighted by Crippen LogP contribution is -2.50. The van der Waals surface area contributed by atoms with Gasteiger partial charge in [-0.05, 0) is 38.0 Å². The van der Waals surface area contributed by atoms with Crippen LogP contribution in [0, 0.1) is 6.92 Å². The van der Waals surface area contributed by atoms with Gasteiger partial charge in [0.2, 0.25) is 5.91 Å². The fourth-order valence-corrected chi connectivity index (χ4v) is 2.85. The molecule has 0 heterocycles. The summed E-state index contributed by atoms with van der Waals surface area (Å²) in [6.07, 6.45) is 0.537. The average molecular weight is 368 g/mol. The maximum absolute atomic E-state index is 12.9. The van der Waals surface area contributed by atoms with Crippen molar-refractivity contribution in [3.63, 3.8) is 0 Å². The first-order valence-corrected chi connectivity index (χ1v) is 9.35.